The number of nitrogens with one attached hydrogen (secondary N) is 2. The first-order chi connectivity index (χ1) is 13.1. The molecule has 0 unspecified atom stereocenters. The van der Waals surface area contributed by atoms with Gasteiger partial charge in [0.1, 0.15) is 5.75 Å². The van der Waals surface area contributed by atoms with Crippen molar-refractivity contribution in [1.82, 2.24) is 10.3 Å². The number of phenols is 1. The average Bonchev–Trinajstić information content (AvgIpc) is 2.61. The molecule has 0 fully saturated rings. The summed E-state index contributed by atoms with van der Waals surface area (Å²) in [5, 5.41) is 17.1. The van der Waals surface area contributed by atoms with Crippen LogP contribution in [-0.4, -0.2) is 16.6 Å². The van der Waals surface area contributed by atoms with Gasteiger partial charge in [-0.25, -0.2) is 0 Å². The number of hydrogen-bond donors (Lipinski definition) is 3. The molecule has 3 aromatic rings. The molecule has 0 radical (unpaired) electrons. The quantitative estimate of drug-likeness (QED) is 0.505. The third-order valence-electron chi connectivity index (χ3n) is 3.43. The number of benzene rings is 2. The first-order valence-electron chi connectivity index (χ1n) is 9.45. The van der Waals surface area contributed by atoms with E-state index in [1.54, 1.807) is 36.5 Å². The van der Waals surface area contributed by atoms with Crippen molar-refractivity contribution in [2.24, 2.45) is 0 Å². The molecule has 25 heavy (non-hydrogen) atoms. The fourth-order valence-electron chi connectivity index (χ4n) is 2.33. The molecule has 4 nitrogen and oxygen atoms in total. The molecule has 2 aromatic carbocycles. The van der Waals surface area contributed by atoms with Gasteiger partial charge >= 0.3 is 0 Å². The van der Waals surface area contributed by atoms with Gasteiger partial charge in [0.2, 0.25) is 0 Å². The molecular formula is C18H20Cl3N3O. The molecule has 0 aliphatic rings. The lowest BCUT2D eigenvalue weighted by Crippen LogP contribution is -2.11. The molecule has 1 aromatic heterocycles. The summed E-state index contributed by atoms with van der Waals surface area (Å²) in [6.45, 7) is -5.56. The predicted molar refractivity (Wildman–Crippen MR) is 110 cm³/mol. The number of fused-ring (bicyclic) bond motifs is 1. The van der Waals surface area contributed by atoms with Crippen LogP contribution in [0.3, 0.4) is 0 Å². The monoisotopic (exact) mass is 404 g/mol. The van der Waals surface area contributed by atoms with E-state index in [0.29, 0.717) is 16.3 Å². The SMILES string of the molecule is Cl.Cl.[2H]C([2H])([2H])C([2H])([2H])NCc1cc(Nc2ccnc3cc(Cl)ccc23)ccc1O. The van der Waals surface area contributed by atoms with Gasteiger partial charge in [0.05, 0.1) is 5.52 Å². The molecule has 7 heteroatoms. The Kier molecular flexibility index (Phi) is 5.60. The highest BCUT2D eigenvalue weighted by molar-refractivity contribution is 6.31. The van der Waals surface area contributed by atoms with Gasteiger partial charge in [-0.3, -0.25) is 4.98 Å². The summed E-state index contributed by atoms with van der Waals surface area (Å²) in [5.74, 6) is -0.0641. The van der Waals surface area contributed by atoms with Crippen molar-refractivity contribution in [3.63, 3.8) is 0 Å². The van der Waals surface area contributed by atoms with Gasteiger partial charge < -0.3 is 15.7 Å². The van der Waals surface area contributed by atoms with Crippen LogP contribution in [0.1, 0.15) is 19.3 Å². The summed E-state index contributed by atoms with van der Waals surface area (Å²) in [7, 11) is 0. The standard InChI is InChI=1S/C18H18ClN3O.2ClH/c1-2-20-11-12-9-14(4-6-18(12)23)22-16-7-8-21-17-10-13(19)3-5-15(16)17;;/h3-10,20,23H,2,11H2,1H3,(H,21,22);2*1H/i1D3,2D2;;. The zero-order chi connectivity index (χ0) is 20.5. The van der Waals surface area contributed by atoms with E-state index in [1.807, 2.05) is 6.07 Å². The molecular weight excluding hydrogens is 381 g/mol. The van der Waals surface area contributed by atoms with E-state index in [2.05, 4.69) is 15.6 Å². The van der Waals surface area contributed by atoms with E-state index in [0.717, 1.165) is 16.6 Å². The Morgan fingerprint density at radius 3 is 2.84 bits per heavy atom. The van der Waals surface area contributed by atoms with Crippen LogP contribution in [0.2, 0.25) is 5.02 Å². The first-order valence-corrected chi connectivity index (χ1v) is 7.33. The second-order valence-electron chi connectivity index (χ2n) is 4.97. The van der Waals surface area contributed by atoms with E-state index in [4.69, 9.17) is 18.5 Å². The summed E-state index contributed by atoms with van der Waals surface area (Å²) in [6, 6.07) is 11.9. The number of anilines is 2. The molecule has 3 N–H and O–H groups in total. The van der Waals surface area contributed by atoms with Crippen molar-refractivity contribution >= 4 is 58.7 Å². The number of aromatic hydroxyl groups is 1. The minimum absolute atomic E-state index is 0. The van der Waals surface area contributed by atoms with Crippen molar-refractivity contribution in [2.45, 2.75) is 13.4 Å². The number of aromatic nitrogens is 1. The van der Waals surface area contributed by atoms with Crippen molar-refractivity contribution < 1.29 is 12.0 Å². The van der Waals surface area contributed by atoms with Gasteiger partial charge in [-0.1, -0.05) is 18.5 Å². The highest BCUT2D eigenvalue weighted by atomic mass is 35.5. The Bertz CT molecular complexity index is 1020. The van der Waals surface area contributed by atoms with Crippen molar-refractivity contribution in [3.05, 3.63) is 59.2 Å². The number of rotatable bonds is 5. The molecule has 0 aliphatic carbocycles. The molecule has 3 rings (SSSR count). The van der Waals surface area contributed by atoms with E-state index in [9.17, 15) is 5.11 Å². The topological polar surface area (TPSA) is 57.2 Å². The lowest BCUT2D eigenvalue weighted by molar-refractivity contribution is 0.465. The van der Waals surface area contributed by atoms with Gasteiger partial charge in [0.15, 0.2) is 0 Å². The predicted octanol–water partition coefficient (Wildman–Crippen LogP) is 5.29. The fraction of sp³-hybridized carbons (Fsp3) is 0.167. The van der Waals surface area contributed by atoms with Crippen LogP contribution in [0.5, 0.6) is 5.75 Å². The molecule has 0 atom stereocenters. The Balaban J connectivity index is 0.00000225. The maximum absolute atomic E-state index is 10.0. The third-order valence-corrected chi connectivity index (χ3v) is 3.67. The van der Waals surface area contributed by atoms with Crippen LogP contribution in [0.15, 0.2) is 48.7 Å². The highest BCUT2D eigenvalue weighted by Crippen LogP contribution is 2.29. The lowest BCUT2D eigenvalue weighted by Gasteiger charge is -2.12. The Morgan fingerprint density at radius 1 is 1.20 bits per heavy atom. The molecule has 0 spiro atoms. The fourth-order valence-corrected chi connectivity index (χ4v) is 2.50. The zero-order valence-corrected chi connectivity index (χ0v) is 15.3. The van der Waals surface area contributed by atoms with Gasteiger partial charge in [0, 0.05) is 46.9 Å². The van der Waals surface area contributed by atoms with Crippen LogP contribution >= 0.6 is 36.4 Å². The van der Waals surface area contributed by atoms with Crippen LogP contribution in [0.4, 0.5) is 11.4 Å². The molecule has 134 valence electrons. The first kappa shape index (κ1) is 14.4. The highest BCUT2D eigenvalue weighted by Gasteiger charge is 2.06. The van der Waals surface area contributed by atoms with Crippen LogP contribution < -0.4 is 10.6 Å². The van der Waals surface area contributed by atoms with Gasteiger partial charge in [-0.05, 0) is 49.0 Å². The minimum Gasteiger partial charge on any atom is -0.508 e. The summed E-state index contributed by atoms with van der Waals surface area (Å²) < 4.78 is 37.0. The number of hydrogen-bond acceptors (Lipinski definition) is 4. The van der Waals surface area contributed by atoms with Crippen molar-refractivity contribution in [3.8, 4) is 5.75 Å². The third kappa shape index (κ3) is 5.13. The molecule has 0 saturated heterocycles. The van der Waals surface area contributed by atoms with Gasteiger partial charge in [0.25, 0.3) is 0 Å². The van der Waals surface area contributed by atoms with Crippen LogP contribution in [0, 0.1) is 0 Å². The Hall–Kier alpha value is -1.72. The normalized spacial score (nSPS) is 14.0. The summed E-state index contributed by atoms with van der Waals surface area (Å²) in [4.78, 5) is 4.29. The van der Waals surface area contributed by atoms with Crippen molar-refractivity contribution in [2.75, 3.05) is 11.8 Å². The van der Waals surface area contributed by atoms with Crippen LogP contribution in [0.25, 0.3) is 10.9 Å². The number of nitrogens with zero attached hydrogens (tertiary/aromatic N) is 1. The second-order valence-corrected chi connectivity index (χ2v) is 5.40. The molecule has 1 heterocycles. The smallest absolute Gasteiger partial charge is 0.120 e. The number of halogens is 3. The maximum Gasteiger partial charge on any atom is 0.120 e. The summed E-state index contributed by atoms with van der Waals surface area (Å²) >= 11 is 6.01. The lowest BCUT2D eigenvalue weighted by atomic mass is 10.1. The average molecular weight is 406 g/mol. The molecule has 0 amide bonds. The largest absolute Gasteiger partial charge is 0.508 e. The van der Waals surface area contributed by atoms with E-state index >= 15 is 0 Å². The molecule has 0 bridgehead atoms. The Morgan fingerprint density at radius 2 is 2.04 bits per heavy atom. The van der Waals surface area contributed by atoms with E-state index < -0.39 is 13.3 Å². The zero-order valence-electron chi connectivity index (χ0n) is 17.9. The van der Waals surface area contributed by atoms with Crippen LogP contribution in [-0.2, 0) is 6.54 Å². The maximum atomic E-state index is 10.0. The molecule has 0 aliphatic heterocycles. The second kappa shape index (κ2) is 9.68. The van der Waals surface area contributed by atoms with Gasteiger partial charge in [-0.15, -0.1) is 24.8 Å². The minimum atomic E-state index is -2.82. The number of pyridine rings is 1. The number of phenolic OH excluding ortho intramolecular Hbond substituents is 1. The van der Waals surface area contributed by atoms with E-state index in [1.165, 1.54) is 6.07 Å². The Labute approximate surface area is 171 Å². The molecule has 0 saturated carbocycles. The van der Waals surface area contributed by atoms with E-state index in [-0.39, 0.29) is 37.1 Å². The van der Waals surface area contributed by atoms with Crippen molar-refractivity contribution in [1.29, 1.82) is 0 Å². The van der Waals surface area contributed by atoms with Gasteiger partial charge in [-0.2, -0.15) is 0 Å². The summed E-state index contributed by atoms with van der Waals surface area (Å²) in [5.41, 5.74) is 2.51. The summed E-state index contributed by atoms with van der Waals surface area (Å²) in [6.07, 6.45) is 1.65.